The van der Waals surface area contributed by atoms with Crippen LogP contribution in [-0.2, 0) is 4.74 Å². The zero-order valence-corrected chi connectivity index (χ0v) is 18.5. The first kappa shape index (κ1) is 21.7. The second-order valence-electron chi connectivity index (χ2n) is 7.82. The number of nitrogens with zero attached hydrogens (tertiary/aromatic N) is 1. The fourth-order valence-electron chi connectivity index (χ4n) is 4.06. The number of aliphatic hydroxyl groups is 1. The van der Waals surface area contributed by atoms with Crippen molar-refractivity contribution in [2.75, 3.05) is 39.4 Å². The molecule has 0 aliphatic carbocycles. The van der Waals surface area contributed by atoms with Crippen molar-refractivity contribution in [1.29, 1.82) is 0 Å². The number of thiophene rings is 1. The van der Waals surface area contributed by atoms with Gasteiger partial charge in [0.25, 0.3) is 5.91 Å². The van der Waals surface area contributed by atoms with Crippen LogP contribution in [0.5, 0.6) is 0 Å². The van der Waals surface area contributed by atoms with E-state index in [1.807, 2.05) is 24.3 Å². The van der Waals surface area contributed by atoms with Gasteiger partial charge in [0.1, 0.15) is 0 Å². The van der Waals surface area contributed by atoms with Crippen LogP contribution in [0.15, 0.2) is 60.2 Å². The van der Waals surface area contributed by atoms with E-state index < -0.39 is 0 Å². The highest BCUT2D eigenvalue weighted by molar-refractivity contribution is 7.21. The number of benzene rings is 2. The first-order valence-corrected chi connectivity index (χ1v) is 11.4. The fraction of sp³-hybridized carbons (Fsp3) is 0.320. The summed E-state index contributed by atoms with van der Waals surface area (Å²) in [5.74, 6) is -0.147. The van der Waals surface area contributed by atoms with Gasteiger partial charge in [-0.2, -0.15) is 0 Å². The summed E-state index contributed by atoms with van der Waals surface area (Å²) in [6.45, 7) is 5.42. The van der Waals surface area contributed by atoms with Crippen molar-refractivity contribution in [3.63, 3.8) is 0 Å². The number of carbonyl (C=O) groups excluding carboxylic acids is 1. The minimum atomic E-state index is -0.163. The number of amides is 1. The SMILES string of the molecule is C/C(=C\c1ccccc1)CN1CCO[C@H](c2c(C(=O)NCCO)sc3ccccc23)C1. The van der Waals surface area contributed by atoms with Gasteiger partial charge in [-0.05, 0) is 23.9 Å². The lowest BCUT2D eigenvalue weighted by Gasteiger charge is -2.33. The number of nitrogens with one attached hydrogen (secondary N) is 1. The lowest BCUT2D eigenvalue weighted by molar-refractivity contribution is -0.0261. The highest BCUT2D eigenvalue weighted by atomic mass is 32.1. The summed E-state index contributed by atoms with van der Waals surface area (Å²) < 4.78 is 7.25. The highest BCUT2D eigenvalue weighted by Crippen LogP contribution is 2.38. The monoisotopic (exact) mass is 436 g/mol. The first-order chi connectivity index (χ1) is 15.2. The van der Waals surface area contributed by atoms with E-state index in [2.05, 4.69) is 53.5 Å². The zero-order chi connectivity index (χ0) is 21.6. The van der Waals surface area contributed by atoms with Crippen molar-refractivity contribution in [1.82, 2.24) is 10.2 Å². The summed E-state index contributed by atoms with van der Waals surface area (Å²) in [5, 5.41) is 13.0. The Morgan fingerprint density at radius 3 is 2.81 bits per heavy atom. The number of fused-ring (bicyclic) bond motifs is 1. The molecule has 6 heteroatoms. The van der Waals surface area contributed by atoms with Crippen LogP contribution in [0.1, 0.15) is 33.8 Å². The largest absolute Gasteiger partial charge is 0.395 e. The van der Waals surface area contributed by atoms with Gasteiger partial charge in [-0.15, -0.1) is 11.3 Å². The molecule has 2 N–H and O–H groups in total. The molecule has 1 fully saturated rings. The number of hydrogen-bond acceptors (Lipinski definition) is 5. The maximum atomic E-state index is 12.8. The molecule has 162 valence electrons. The summed E-state index contributed by atoms with van der Waals surface area (Å²) in [6, 6.07) is 18.4. The van der Waals surface area contributed by atoms with Crippen LogP contribution in [0.4, 0.5) is 0 Å². The van der Waals surface area contributed by atoms with Gasteiger partial charge in [-0.1, -0.05) is 60.2 Å². The van der Waals surface area contributed by atoms with Gasteiger partial charge in [0, 0.05) is 36.4 Å². The molecule has 1 aromatic heterocycles. The molecular formula is C25H28N2O3S. The summed E-state index contributed by atoms with van der Waals surface area (Å²) in [7, 11) is 0. The molecule has 2 aromatic carbocycles. The van der Waals surface area contributed by atoms with Crippen LogP contribution in [0.3, 0.4) is 0 Å². The van der Waals surface area contributed by atoms with Gasteiger partial charge in [0.2, 0.25) is 0 Å². The lowest BCUT2D eigenvalue weighted by atomic mass is 10.0. The number of morpholine rings is 1. The quantitative estimate of drug-likeness (QED) is 0.585. The maximum absolute atomic E-state index is 12.8. The van der Waals surface area contributed by atoms with E-state index in [9.17, 15) is 4.79 Å². The zero-order valence-electron chi connectivity index (χ0n) is 17.7. The van der Waals surface area contributed by atoms with Crippen LogP contribution < -0.4 is 5.32 Å². The van der Waals surface area contributed by atoms with E-state index in [0.717, 1.165) is 35.3 Å². The van der Waals surface area contributed by atoms with Crippen molar-refractivity contribution in [3.8, 4) is 0 Å². The molecule has 4 rings (SSSR count). The summed E-state index contributed by atoms with van der Waals surface area (Å²) in [5.41, 5.74) is 3.46. The van der Waals surface area contributed by atoms with E-state index >= 15 is 0 Å². The third kappa shape index (κ3) is 5.22. The number of rotatable bonds is 7. The van der Waals surface area contributed by atoms with Crippen molar-refractivity contribution < 1.29 is 14.6 Å². The number of ether oxygens (including phenoxy) is 1. The van der Waals surface area contributed by atoms with Crippen LogP contribution in [0, 0.1) is 0 Å². The third-order valence-electron chi connectivity index (χ3n) is 5.40. The molecule has 0 bridgehead atoms. The van der Waals surface area contributed by atoms with Gasteiger partial charge in [0.15, 0.2) is 0 Å². The third-order valence-corrected chi connectivity index (χ3v) is 6.58. The van der Waals surface area contributed by atoms with Gasteiger partial charge >= 0.3 is 0 Å². The molecule has 1 atom stereocenters. The highest BCUT2D eigenvalue weighted by Gasteiger charge is 2.29. The molecule has 5 nitrogen and oxygen atoms in total. The Morgan fingerprint density at radius 1 is 1.23 bits per heavy atom. The molecule has 0 radical (unpaired) electrons. The molecule has 31 heavy (non-hydrogen) atoms. The second-order valence-corrected chi connectivity index (χ2v) is 8.87. The van der Waals surface area contributed by atoms with Crippen LogP contribution >= 0.6 is 11.3 Å². The molecule has 1 amide bonds. The average Bonchev–Trinajstić information content (AvgIpc) is 3.18. The minimum Gasteiger partial charge on any atom is -0.395 e. The van der Waals surface area contributed by atoms with Crippen LogP contribution in [-0.4, -0.2) is 55.3 Å². The Balaban J connectivity index is 1.56. The van der Waals surface area contributed by atoms with E-state index in [1.54, 1.807) is 0 Å². The molecule has 1 aliphatic heterocycles. The second kappa shape index (κ2) is 10.2. The van der Waals surface area contributed by atoms with Crippen LogP contribution in [0.2, 0.25) is 0 Å². The molecule has 3 aromatic rings. The van der Waals surface area contributed by atoms with Gasteiger partial charge < -0.3 is 15.2 Å². The number of hydrogen-bond donors (Lipinski definition) is 2. The van der Waals surface area contributed by atoms with Crippen molar-refractivity contribution >= 4 is 33.4 Å². The summed E-state index contributed by atoms with van der Waals surface area (Å²) in [6.07, 6.45) is 2.06. The molecule has 0 spiro atoms. The molecule has 0 unspecified atom stereocenters. The fourth-order valence-corrected chi connectivity index (χ4v) is 5.23. The van der Waals surface area contributed by atoms with E-state index in [-0.39, 0.29) is 25.2 Å². The normalized spacial score (nSPS) is 17.7. The summed E-state index contributed by atoms with van der Waals surface area (Å²) >= 11 is 1.49. The first-order valence-electron chi connectivity index (χ1n) is 10.6. The Morgan fingerprint density at radius 2 is 2.00 bits per heavy atom. The smallest absolute Gasteiger partial charge is 0.261 e. The van der Waals surface area contributed by atoms with E-state index in [1.165, 1.54) is 22.5 Å². The Hall–Kier alpha value is -2.51. The lowest BCUT2D eigenvalue weighted by Crippen LogP contribution is -2.39. The molecular weight excluding hydrogens is 408 g/mol. The van der Waals surface area contributed by atoms with Gasteiger partial charge in [-0.25, -0.2) is 0 Å². The number of aliphatic hydroxyl groups excluding tert-OH is 1. The minimum absolute atomic E-state index is 0.0767. The Labute approximate surface area is 187 Å². The van der Waals surface area contributed by atoms with Crippen molar-refractivity contribution in [2.24, 2.45) is 0 Å². The number of carbonyl (C=O) groups is 1. The van der Waals surface area contributed by atoms with E-state index in [0.29, 0.717) is 11.5 Å². The predicted molar refractivity (Wildman–Crippen MR) is 126 cm³/mol. The average molecular weight is 437 g/mol. The topological polar surface area (TPSA) is 61.8 Å². The van der Waals surface area contributed by atoms with E-state index in [4.69, 9.17) is 9.84 Å². The summed E-state index contributed by atoms with van der Waals surface area (Å²) in [4.78, 5) is 15.9. The van der Waals surface area contributed by atoms with Crippen LogP contribution in [0.25, 0.3) is 16.2 Å². The maximum Gasteiger partial charge on any atom is 0.261 e. The van der Waals surface area contributed by atoms with Gasteiger partial charge in [-0.3, -0.25) is 9.69 Å². The van der Waals surface area contributed by atoms with Gasteiger partial charge in [0.05, 0.1) is 24.2 Å². The molecule has 2 heterocycles. The Bertz CT molecular complexity index is 1060. The molecule has 1 aliphatic rings. The predicted octanol–water partition coefficient (Wildman–Crippen LogP) is 4.10. The Kier molecular flexibility index (Phi) is 7.14. The molecule has 0 saturated carbocycles. The standard InChI is InChI=1S/C25H28N2O3S/c1-18(15-19-7-3-2-4-8-19)16-27-12-14-30-21(17-27)23-20-9-5-6-10-22(20)31-24(23)25(29)26-11-13-28/h2-10,15,21,28H,11-14,16-17H2,1H3,(H,26,29)/b18-15+/t21-/m0/s1. The van der Waals surface area contributed by atoms with Crippen molar-refractivity contribution in [2.45, 2.75) is 13.0 Å². The van der Waals surface area contributed by atoms with Crippen molar-refractivity contribution in [3.05, 3.63) is 76.2 Å². The molecule has 1 saturated heterocycles.